The van der Waals surface area contributed by atoms with Crippen molar-refractivity contribution in [3.63, 3.8) is 0 Å². The summed E-state index contributed by atoms with van der Waals surface area (Å²) in [4.78, 5) is 34.9. The zero-order valence-corrected chi connectivity index (χ0v) is 13.5. The van der Waals surface area contributed by atoms with E-state index in [0.29, 0.717) is 17.2 Å². The van der Waals surface area contributed by atoms with Gasteiger partial charge in [0.05, 0.1) is 17.6 Å². The maximum absolute atomic E-state index is 11.7. The summed E-state index contributed by atoms with van der Waals surface area (Å²) in [5, 5.41) is 2.61. The van der Waals surface area contributed by atoms with Crippen LogP contribution in [0, 0.1) is 11.8 Å². The molecule has 2 atom stereocenters. The fraction of sp³-hybridized carbons (Fsp3) is 0.471. The molecule has 0 aliphatic heterocycles. The van der Waals surface area contributed by atoms with Crippen molar-refractivity contribution >= 4 is 23.5 Å². The van der Waals surface area contributed by atoms with E-state index in [4.69, 9.17) is 9.47 Å². The molecule has 0 unspecified atom stereocenters. The monoisotopic (exact) mass is 319 g/mol. The topological polar surface area (TPSA) is 81.7 Å². The number of benzene rings is 1. The first kappa shape index (κ1) is 17.0. The van der Waals surface area contributed by atoms with Gasteiger partial charge in [0.2, 0.25) is 0 Å². The minimum absolute atomic E-state index is 0.0611. The lowest BCUT2D eigenvalue weighted by atomic mass is 10.2. The Bertz CT molecular complexity index is 594. The van der Waals surface area contributed by atoms with E-state index in [1.54, 1.807) is 38.1 Å². The Morgan fingerprint density at radius 3 is 2.35 bits per heavy atom. The number of anilines is 1. The average Bonchev–Trinajstić information content (AvgIpc) is 3.22. The van der Waals surface area contributed by atoms with Gasteiger partial charge >= 0.3 is 11.9 Å². The lowest BCUT2D eigenvalue weighted by Gasteiger charge is -2.09. The number of rotatable bonds is 6. The number of hydrogen-bond acceptors (Lipinski definition) is 5. The van der Waals surface area contributed by atoms with E-state index in [1.807, 2.05) is 6.92 Å². The van der Waals surface area contributed by atoms with Crippen LogP contribution >= 0.6 is 0 Å². The van der Waals surface area contributed by atoms with Crippen LogP contribution < -0.4 is 5.32 Å². The fourth-order valence-electron chi connectivity index (χ4n) is 2.06. The minimum Gasteiger partial charge on any atom is -0.459 e. The van der Waals surface area contributed by atoms with Gasteiger partial charge in [-0.1, -0.05) is 6.92 Å². The van der Waals surface area contributed by atoms with E-state index in [2.05, 4.69) is 5.32 Å². The average molecular weight is 319 g/mol. The van der Waals surface area contributed by atoms with E-state index in [9.17, 15) is 14.4 Å². The smallest absolute Gasteiger partial charge is 0.338 e. The lowest BCUT2D eigenvalue weighted by molar-refractivity contribution is -0.148. The Morgan fingerprint density at radius 1 is 1.22 bits per heavy atom. The van der Waals surface area contributed by atoms with Crippen molar-refractivity contribution < 1.29 is 23.9 Å². The highest BCUT2D eigenvalue weighted by Gasteiger charge is 2.40. The van der Waals surface area contributed by atoms with E-state index >= 15 is 0 Å². The highest BCUT2D eigenvalue weighted by atomic mass is 16.5. The molecule has 1 fully saturated rings. The summed E-state index contributed by atoms with van der Waals surface area (Å²) in [5.74, 6) is -0.855. The molecule has 0 heterocycles. The molecular weight excluding hydrogens is 298 g/mol. The van der Waals surface area contributed by atoms with Gasteiger partial charge in [-0.3, -0.25) is 9.59 Å². The van der Waals surface area contributed by atoms with Crippen LogP contribution in [0.4, 0.5) is 5.69 Å². The molecule has 0 spiro atoms. The summed E-state index contributed by atoms with van der Waals surface area (Å²) < 4.78 is 10.0. The normalized spacial score (nSPS) is 19.1. The molecule has 1 N–H and O–H groups in total. The van der Waals surface area contributed by atoms with Gasteiger partial charge in [-0.2, -0.15) is 0 Å². The van der Waals surface area contributed by atoms with Crippen molar-refractivity contribution in [1.82, 2.24) is 0 Å². The number of carbonyl (C=O) groups is 3. The van der Waals surface area contributed by atoms with Crippen molar-refractivity contribution in [2.75, 3.05) is 11.9 Å². The van der Waals surface area contributed by atoms with Crippen LogP contribution in [0.3, 0.4) is 0 Å². The molecule has 124 valence electrons. The molecule has 0 radical (unpaired) electrons. The van der Waals surface area contributed by atoms with Gasteiger partial charge in [0.1, 0.15) is 0 Å². The number of hydrogen-bond donors (Lipinski definition) is 1. The van der Waals surface area contributed by atoms with Crippen LogP contribution in [0.2, 0.25) is 0 Å². The van der Waals surface area contributed by atoms with E-state index < -0.39 is 11.9 Å². The van der Waals surface area contributed by atoms with Gasteiger partial charge in [-0.25, -0.2) is 4.79 Å². The van der Waals surface area contributed by atoms with E-state index in [-0.39, 0.29) is 24.6 Å². The Balaban J connectivity index is 1.79. The van der Waals surface area contributed by atoms with Gasteiger partial charge in [-0.05, 0) is 50.5 Å². The second-order valence-corrected chi connectivity index (χ2v) is 6.01. The summed E-state index contributed by atoms with van der Waals surface area (Å²) in [6, 6.07) is 6.33. The van der Waals surface area contributed by atoms with Crippen molar-refractivity contribution in [2.45, 2.75) is 33.3 Å². The molecule has 6 nitrogen and oxygen atoms in total. The van der Waals surface area contributed by atoms with Gasteiger partial charge < -0.3 is 14.8 Å². The molecule has 1 aliphatic rings. The first-order valence-electron chi connectivity index (χ1n) is 7.64. The van der Waals surface area contributed by atoms with Gasteiger partial charge in [0.15, 0.2) is 6.61 Å². The Kier molecular flexibility index (Phi) is 5.36. The maximum atomic E-state index is 11.7. The van der Waals surface area contributed by atoms with E-state index in [0.717, 1.165) is 6.42 Å². The zero-order chi connectivity index (χ0) is 17.0. The molecular formula is C17H21NO5. The summed E-state index contributed by atoms with van der Waals surface area (Å²) >= 11 is 0. The standard InChI is InChI=1S/C17H21NO5/c1-10(2)23-16(20)12-4-6-13(7-5-12)18-15(19)9-22-17(21)14-8-11(14)3/h4-7,10-11,14H,8-9H2,1-3H3,(H,18,19)/t11-,14+/m1/s1. The van der Waals surface area contributed by atoms with Crippen LogP contribution in [0.1, 0.15) is 37.6 Å². The SMILES string of the molecule is CC(C)OC(=O)c1ccc(NC(=O)COC(=O)[C@H]2C[C@H]2C)cc1. The van der Waals surface area contributed by atoms with Crippen molar-refractivity contribution in [1.29, 1.82) is 0 Å². The molecule has 1 aromatic rings. The quantitative estimate of drug-likeness (QED) is 0.814. The molecule has 1 aliphatic carbocycles. The summed E-state index contributed by atoms with van der Waals surface area (Å²) in [6.45, 7) is 5.21. The van der Waals surface area contributed by atoms with Crippen molar-refractivity contribution in [3.8, 4) is 0 Å². The summed E-state index contributed by atoms with van der Waals surface area (Å²) in [6.07, 6.45) is 0.639. The van der Waals surface area contributed by atoms with Crippen LogP contribution in [0.5, 0.6) is 0 Å². The molecule has 1 aromatic carbocycles. The molecule has 0 bridgehead atoms. The Labute approximate surface area is 135 Å². The maximum Gasteiger partial charge on any atom is 0.338 e. The molecule has 1 amide bonds. The number of carbonyl (C=O) groups excluding carboxylic acids is 3. The van der Waals surface area contributed by atoms with Gasteiger partial charge in [-0.15, -0.1) is 0 Å². The Morgan fingerprint density at radius 2 is 1.83 bits per heavy atom. The number of nitrogens with one attached hydrogen (secondary N) is 1. The third-order valence-corrected chi connectivity index (χ3v) is 3.50. The van der Waals surface area contributed by atoms with Crippen LogP contribution in [-0.4, -0.2) is 30.6 Å². The number of esters is 2. The van der Waals surface area contributed by atoms with Crippen molar-refractivity contribution in [3.05, 3.63) is 29.8 Å². The molecule has 0 aromatic heterocycles. The highest BCUT2D eigenvalue weighted by Crippen LogP contribution is 2.38. The highest BCUT2D eigenvalue weighted by molar-refractivity contribution is 5.94. The van der Waals surface area contributed by atoms with Gasteiger partial charge in [0, 0.05) is 5.69 Å². The Hall–Kier alpha value is -2.37. The first-order chi connectivity index (χ1) is 10.9. The number of ether oxygens (including phenoxy) is 2. The first-order valence-corrected chi connectivity index (χ1v) is 7.64. The molecule has 6 heteroatoms. The fourth-order valence-corrected chi connectivity index (χ4v) is 2.06. The molecule has 1 saturated carbocycles. The third-order valence-electron chi connectivity index (χ3n) is 3.50. The molecule has 0 saturated heterocycles. The largest absolute Gasteiger partial charge is 0.459 e. The zero-order valence-electron chi connectivity index (χ0n) is 13.5. The minimum atomic E-state index is -0.413. The molecule has 23 heavy (non-hydrogen) atoms. The molecule has 2 rings (SSSR count). The van der Waals surface area contributed by atoms with Gasteiger partial charge in [0.25, 0.3) is 5.91 Å². The predicted octanol–water partition coefficient (Wildman–Crippen LogP) is 2.39. The van der Waals surface area contributed by atoms with Crippen LogP contribution in [-0.2, 0) is 19.1 Å². The van der Waals surface area contributed by atoms with E-state index in [1.165, 1.54) is 0 Å². The second kappa shape index (κ2) is 7.26. The summed E-state index contributed by atoms with van der Waals surface area (Å²) in [7, 11) is 0. The lowest BCUT2D eigenvalue weighted by Crippen LogP contribution is -2.21. The van der Waals surface area contributed by atoms with Crippen LogP contribution in [0.15, 0.2) is 24.3 Å². The predicted molar refractivity (Wildman–Crippen MR) is 83.9 cm³/mol. The third kappa shape index (κ3) is 5.09. The summed E-state index contributed by atoms with van der Waals surface area (Å²) in [5.41, 5.74) is 0.929. The second-order valence-electron chi connectivity index (χ2n) is 6.01. The van der Waals surface area contributed by atoms with Crippen molar-refractivity contribution in [2.24, 2.45) is 11.8 Å². The van der Waals surface area contributed by atoms with Crippen LogP contribution in [0.25, 0.3) is 0 Å². The number of amides is 1.